The number of thiophene rings is 1. The van der Waals surface area contributed by atoms with E-state index in [0.717, 1.165) is 17.5 Å². The van der Waals surface area contributed by atoms with Gasteiger partial charge in [-0.2, -0.15) is 0 Å². The number of carbonyl (C=O) groups is 2. The lowest BCUT2D eigenvalue weighted by Gasteiger charge is -2.28. The molecule has 5 rings (SSSR count). The fourth-order valence-electron chi connectivity index (χ4n) is 4.38. The number of amides is 2. The highest BCUT2D eigenvalue weighted by molar-refractivity contribution is 7.10. The number of fused-ring (bicyclic) bond motifs is 2. The molecule has 1 N–H and O–H groups in total. The molecular weight excluding hydrogens is 448 g/mol. The van der Waals surface area contributed by atoms with E-state index < -0.39 is 0 Å². The molecule has 0 saturated carbocycles. The van der Waals surface area contributed by atoms with Gasteiger partial charge in [-0.05, 0) is 67.1 Å². The van der Waals surface area contributed by atoms with Gasteiger partial charge in [0.15, 0.2) is 11.5 Å². The van der Waals surface area contributed by atoms with Crippen molar-refractivity contribution in [3.05, 3.63) is 80.5 Å². The largest absolute Gasteiger partial charge is 0.490 e. The number of ether oxygens (including phenoxy) is 2. The lowest BCUT2D eigenvalue weighted by Crippen LogP contribution is -2.35. The van der Waals surface area contributed by atoms with Crippen LogP contribution in [0.25, 0.3) is 6.08 Å². The van der Waals surface area contributed by atoms with Crippen molar-refractivity contribution in [2.75, 3.05) is 25.1 Å². The molecule has 0 radical (unpaired) electrons. The summed E-state index contributed by atoms with van der Waals surface area (Å²) in [4.78, 5) is 29.6. The van der Waals surface area contributed by atoms with Gasteiger partial charge in [0.1, 0.15) is 6.61 Å². The lowest BCUT2D eigenvalue weighted by atomic mass is 10.0. The zero-order chi connectivity index (χ0) is 23.7. The predicted molar refractivity (Wildman–Crippen MR) is 134 cm³/mol. The minimum absolute atomic E-state index is 0.0111. The number of hydrogen-bond donors (Lipinski definition) is 1. The summed E-state index contributed by atoms with van der Waals surface area (Å²) in [6, 6.07) is 13.2. The Hall–Kier alpha value is -3.58. The standard InChI is InChI=1S/C27H26N2O4S/c1-3-32-23-9-4-6-18-14-20(16-33-25(18)23)26(30)28-22-8-5-7-21(17(22)2)27(31)29-12-10-24-19(15-29)11-13-34-24/h4-9,11,13-14H,3,10,12,15-16H2,1-2H3,(H,28,30). The van der Waals surface area contributed by atoms with Crippen LogP contribution in [0.4, 0.5) is 5.69 Å². The Kier molecular flexibility index (Phi) is 6.11. The van der Waals surface area contributed by atoms with Gasteiger partial charge in [0.05, 0.1) is 12.2 Å². The molecule has 0 bridgehead atoms. The Morgan fingerprint density at radius 2 is 2.03 bits per heavy atom. The van der Waals surface area contributed by atoms with Crippen LogP contribution in [0.5, 0.6) is 11.5 Å². The minimum atomic E-state index is -0.249. The molecule has 2 aliphatic rings. The van der Waals surface area contributed by atoms with E-state index >= 15 is 0 Å². The van der Waals surface area contributed by atoms with E-state index in [0.29, 0.717) is 48.0 Å². The minimum Gasteiger partial charge on any atom is -0.490 e. The van der Waals surface area contributed by atoms with Gasteiger partial charge in [0.25, 0.3) is 11.8 Å². The van der Waals surface area contributed by atoms with Gasteiger partial charge in [-0.15, -0.1) is 11.3 Å². The summed E-state index contributed by atoms with van der Waals surface area (Å²) in [6.45, 7) is 5.81. The predicted octanol–water partition coefficient (Wildman–Crippen LogP) is 5.07. The van der Waals surface area contributed by atoms with Crippen molar-refractivity contribution in [3.8, 4) is 11.5 Å². The maximum Gasteiger partial charge on any atom is 0.255 e. The van der Waals surface area contributed by atoms with E-state index in [4.69, 9.17) is 9.47 Å². The SMILES string of the molecule is CCOc1cccc2c1OCC(C(=O)Nc1cccc(C(=O)N3CCc4sccc4C3)c1C)=C2. The summed E-state index contributed by atoms with van der Waals surface area (Å²) >= 11 is 1.75. The van der Waals surface area contributed by atoms with E-state index in [2.05, 4.69) is 16.8 Å². The first-order valence-electron chi connectivity index (χ1n) is 11.4. The normalized spacial score (nSPS) is 14.4. The summed E-state index contributed by atoms with van der Waals surface area (Å²) in [6.07, 6.45) is 2.71. The zero-order valence-corrected chi connectivity index (χ0v) is 20.0. The molecule has 1 aromatic heterocycles. The second-order valence-electron chi connectivity index (χ2n) is 8.34. The third kappa shape index (κ3) is 4.19. The van der Waals surface area contributed by atoms with Gasteiger partial charge in [-0.25, -0.2) is 0 Å². The van der Waals surface area contributed by atoms with Crippen molar-refractivity contribution in [2.45, 2.75) is 26.8 Å². The Bertz CT molecular complexity index is 1290. The Balaban J connectivity index is 1.34. The molecule has 34 heavy (non-hydrogen) atoms. The van der Waals surface area contributed by atoms with Crippen LogP contribution >= 0.6 is 11.3 Å². The number of nitrogens with zero attached hydrogens (tertiary/aromatic N) is 1. The first kappa shape index (κ1) is 22.2. The van der Waals surface area contributed by atoms with Gasteiger partial charge < -0.3 is 19.7 Å². The van der Waals surface area contributed by atoms with Crippen LogP contribution < -0.4 is 14.8 Å². The van der Waals surface area contributed by atoms with Crippen molar-refractivity contribution >= 4 is 34.9 Å². The van der Waals surface area contributed by atoms with Crippen molar-refractivity contribution in [1.29, 1.82) is 0 Å². The first-order valence-corrected chi connectivity index (χ1v) is 12.3. The Labute approximate surface area is 202 Å². The summed E-state index contributed by atoms with van der Waals surface area (Å²) in [5.74, 6) is 1.06. The van der Waals surface area contributed by atoms with Gasteiger partial charge >= 0.3 is 0 Å². The average molecular weight is 475 g/mol. The molecular formula is C27H26N2O4S. The second-order valence-corrected chi connectivity index (χ2v) is 9.34. The fourth-order valence-corrected chi connectivity index (χ4v) is 5.27. The zero-order valence-electron chi connectivity index (χ0n) is 19.2. The summed E-state index contributed by atoms with van der Waals surface area (Å²) in [5, 5.41) is 5.06. The molecule has 6 nitrogen and oxygen atoms in total. The van der Waals surface area contributed by atoms with E-state index in [-0.39, 0.29) is 18.4 Å². The molecule has 0 atom stereocenters. The average Bonchev–Trinajstić information content (AvgIpc) is 3.33. The Morgan fingerprint density at radius 3 is 2.88 bits per heavy atom. The maximum absolute atomic E-state index is 13.3. The van der Waals surface area contributed by atoms with E-state index in [9.17, 15) is 9.59 Å². The van der Waals surface area contributed by atoms with Crippen molar-refractivity contribution < 1.29 is 19.1 Å². The molecule has 3 aromatic rings. The van der Waals surface area contributed by atoms with Gasteiger partial charge in [-0.3, -0.25) is 9.59 Å². The molecule has 2 aliphatic heterocycles. The molecule has 0 spiro atoms. The van der Waals surface area contributed by atoms with Gasteiger partial charge in [0, 0.05) is 34.8 Å². The number of carbonyl (C=O) groups excluding carboxylic acids is 2. The molecule has 0 saturated heterocycles. The smallest absolute Gasteiger partial charge is 0.255 e. The summed E-state index contributed by atoms with van der Waals surface area (Å²) < 4.78 is 11.5. The number of para-hydroxylation sites is 1. The van der Waals surface area contributed by atoms with Crippen LogP contribution in [0.1, 0.15) is 38.8 Å². The highest BCUT2D eigenvalue weighted by Gasteiger charge is 2.25. The van der Waals surface area contributed by atoms with E-state index in [1.54, 1.807) is 11.3 Å². The van der Waals surface area contributed by atoms with Crippen LogP contribution in [0.15, 0.2) is 53.4 Å². The van der Waals surface area contributed by atoms with Crippen LogP contribution in [0.3, 0.4) is 0 Å². The van der Waals surface area contributed by atoms with Crippen LogP contribution in [0.2, 0.25) is 0 Å². The number of anilines is 1. The fraction of sp³-hybridized carbons (Fsp3) is 0.259. The number of benzene rings is 2. The molecule has 174 valence electrons. The molecule has 7 heteroatoms. The van der Waals surface area contributed by atoms with Crippen LogP contribution in [-0.4, -0.2) is 36.5 Å². The third-order valence-corrected chi connectivity index (χ3v) is 7.23. The topological polar surface area (TPSA) is 67.9 Å². The molecule has 0 aliphatic carbocycles. The third-order valence-electron chi connectivity index (χ3n) is 6.21. The second kappa shape index (κ2) is 9.35. The van der Waals surface area contributed by atoms with Gasteiger partial charge in [-0.1, -0.05) is 18.2 Å². The highest BCUT2D eigenvalue weighted by atomic mass is 32.1. The van der Waals surface area contributed by atoms with Crippen molar-refractivity contribution in [1.82, 2.24) is 4.90 Å². The lowest BCUT2D eigenvalue weighted by molar-refractivity contribution is -0.113. The van der Waals surface area contributed by atoms with Crippen molar-refractivity contribution in [2.24, 2.45) is 0 Å². The molecule has 0 unspecified atom stereocenters. The number of rotatable bonds is 5. The molecule has 2 aromatic carbocycles. The first-order chi connectivity index (χ1) is 16.5. The number of hydrogen-bond acceptors (Lipinski definition) is 5. The number of nitrogens with one attached hydrogen (secondary N) is 1. The van der Waals surface area contributed by atoms with E-state index in [1.807, 2.05) is 61.2 Å². The summed E-state index contributed by atoms with van der Waals surface area (Å²) in [7, 11) is 0. The monoisotopic (exact) mass is 474 g/mol. The van der Waals surface area contributed by atoms with E-state index in [1.165, 1.54) is 10.4 Å². The van der Waals surface area contributed by atoms with Gasteiger partial charge in [0.2, 0.25) is 0 Å². The molecule has 0 fully saturated rings. The quantitative estimate of drug-likeness (QED) is 0.561. The maximum atomic E-state index is 13.3. The van der Waals surface area contributed by atoms with Crippen molar-refractivity contribution in [3.63, 3.8) is 0 Å². The van der Waals surface area contributed by atoms with Crippen LogP contribution in [-0.2, 0) is 17.8 Å². The molecule has 3 heterocycles. The summed E-state index contributed by atoms with van der Waals surface area (Å²) in [5.41, 5.74) is 4.53. The highest BCUT2D eigenvalue weighted by Crippen LogP contribution is 2.36. The molecule has 2 amide bonds. The Morgan fingerprint density at radius 1 is 1.18 bits per heavy atom. The van der Waals surface area contributed by atoms with Crippen LogP contribution in [0, 0.1) is 6.92 Å².